The number of benzene rings is 1. The van der Waals surface area contributed by atoms with Crippen LogP contribution in [0.1, 0.15) is 16.1 Å². The molecule has 0 saturated carbocycles. The fourth-order valence-corrected chi connectivity index (χ4v) is 1.76. The monoisotopic (exact) mass is 263 g/mol. The molecule has 0 unspecified atom stereocenters. The highest BCUT2D eigenvalue weighted by molar-refractivity contribution is 5.95. The molecule has 2 aromatic rings. The van der Waals surface area contributed by atoms with Crippen LogP contribution in [0.2, 0.25) is 0 Å². The van der Waals surface area contributed by atoms with Crippen LogP contribution in [0.15, 0.2) is 22.7 Å². The fourth-order valence-electron chi connectivity index (χ4n) is 1.76. The molecular formula is C13H13NO5. The van der Waals surface area contributed by atoms with E-state index in [2.05, 4.69) is 5.16 Å². The number of aryl methyl sites for hydroxylation is 1. The van der Waals surface area contributed by atoms with E-state index in [0.29, 0.717) is 22.8 Å². The van der Waals surface area contributed by atoms with Gasteiger partial charge in [-0.3, -0.25) is 0 Å². The molecule has 0 aliphatic rings. The van der Waals surface area contributed by atoms with Crippen molar-refractivity contribution in [3.8, 4) is 22.8 Å². The van der Waals surface area contributed by atoms with Gasteiger partial charge in [0.15, 0.2) is 5.76 Å². The normalized spacial score (nSPS) is 10.3. The molecule has 1 aromatic carbocycles. The number of rotatable bonds is 4. The molecule has 100 valence electrons. The van der Waals surface area contributed by atoms with Crippen LogP contribution in [0.5, 0.6) is 11.5 Å². The van der Waals surface area contributed by atoms with Crippen molar-refractivity contribution >= 4 is 5.97 Å². The first kappa shape index (κ1) is 12.9. The third-order valence-electron chi connectivity index (χ3n) is 2.69. The second kappa shape index (κ2) is 5.01. The molecule has 1 aromatic heterocycles. The summed E-state index contributed by atoms with van der Waals surface area (Å²) in [5.41, 5.74) is 0.897. The molecule has 0 spiro atoms. The average Bonchev–Trinajstić information content (AvgIpc) is 2.80. The third-order valence-corrected chi connectivity index (χ3v) is 2.69. The molecule has 0 saturated heterocycles. The summed E-state index contributed by atoms with van der Waals surface area (Å²) in [6.45, 7) is 1.58. The van der Waals surface area contributed by atoms with Crippen LogP contribution in [0, 0.1) is 6.92 Å². The van der Waals surface area contributed by atoms with Gasteiger partial charge in [0.1, 0.15) is 17.1 Å². The summed E-state index contributed by atoms with van der Waals surface area (Å²) in [4.78, 5) is 11.2. The maximum Gasteiger partial charge on any atom is 0.341 e. The Balaban J connectivity index is 2.61. The quantitative estimate of drug-likeness (QED) is 0.911. The molecule has 6 heteroatoms. The molecule has 0 atom stereocenters. The van der Waals surface area contributed by atoms with Gasteiger partial charge in [-0.15, -0.1) is 0 Å². The fraction of sp³-hybridized carbons (Fsp3) is 0.231. The molecule has 0 fully saturated rings. The van der Waals surface area contributed by atoms with Crippen LogP contribution in [0.4, 0.5) is 0 Å². The van der Waals surface area contributed by atoms with Crippen LogP contribution in [-0.4, -0.2) is 30.5 Å². The first-order valence-corrected chi connectivity index (χ1v) is 5.49. The molecule has 19 heavy (non-hydrogen) atoms. The van der Waals surface area contributed by atoms with Gasteiger partial charge in [-0.25, -0.2) is 4.79 Å². The van der Waals surface area contributed by atoms with Gasteiger partial charge in [-0.05, 0) is 19.1 Å². The summed E-state index contributed by atoms with van der Waals surface area (Å²) < 4.78 is 15.4. The van der Waals surface area contributed by atoms with E-state index in [0.717, 1.165) is 0 Å². The maximum atomic E-state index is 11.2. The number of carboxylic acid groups (broad SMARTS) is 1. The van der Waals surface area contributed by atoms with Crippen LogP contribution >= 0.6 is 0 Å². The van der Waals surface area contributed by atoms with Crippen molar-refractivity contribution in [3.05, 3.63) is 29.5 Å². The average molecular weight is 263 g/mol. The lowest BCUT2D eigenvalue weighted by Gasteiger charge is -2.07. The Bertz CT molecular complexity index is 595. The molecule has 2 rings (SSSR count). The topological polar surface area (TPSA) is 81.8 Å². The van der Waals surface area contributed by atoms with Crippen molar-refractivity contribution in [1.29, 1.82) is 0 Å². The highest BCUT2D eigenvalue weighted by atomic mass is 16.5. The summed E-state index contributed by atoms with van der Waals surface area (Å²) in [6, 6.07) is 5.01. The summed E-state index contributed by atoms with van der Waals surface area (Å²) >= 11 is 0. The number of hydrogen-bond donors (Lipinski definition) is 1. The Morgan fingerprint density at radius 2 is 1.79 bits per heavy atom. The minimum absolute atomic E-state index is 0.0373. The summed E-state index contributed by atoms with van der Waals surface area (Å²) in [6.07, 6.45) is 0. The van der Waals surface area contributed by atoms with Crippen molar-refractivity contribution in [1.82, 2.24) is 5.16 Å². The van der Waals surface area contributed by atoms with E-state index >= 15 is 0 Å². The molecule has 0 aliphatic heterocycles. The maximum absolute atomic E-state index is 11.2. The van der Waals surface area contributed by atoms with Gasteiger partial charge in [-0.1, -0.05) is 5.16 Å². The van der Waals surface area contributed by atoms with Crippen molar-refractivity contribution in [2.24, 2.45) is 0 Å². The van der Waals surface area contributed by atoms with Gasteiger partial charge in [0, 0.05) is 11.6 Å². The Labute approximate surface area is 109 Å². The van der Waals surface area contributed by atoms with Crippen molar-refractivity contribution in [2.75, 3.05) is 14.2 Å². The largest absolute Gasteiger partial charge is 0.497 e. The van der Waals surface area contributed by atoms with Gasteiger partial charge in [0.2, 0.25) is 0 Å². The summed E-state index contributed by atoms with van der Waals surface area (Å²) in [7, 11) is 3.03. The Kier molecular flexibility index (Phi) is 3.41. The van der Waals surface area contributed by atoms with Crippen molar-refractivity contribution < 1.29 is 23.9 Å². The van der Waals surface area contributed by atoms with Crippen molar-refractivity contribution in [2.45, 2.75) is 6.92 Å². The van der Waals surface area contributed by atoms with E-state index in [1.807, 2.05) is 0 Å². The van der Waals surface area contributed by atoms with Crippen LogP contribution in [0.3, 0.4) is 0 Å². The molecule has 0 radical (unpaired) electrons. The molecule has 1 heterocycles. The Morgan fingerprint density at radius 3 is 2.26 bits per heavy atom. The van der Waals surface area contributed by atoms with E-state index in [4.69, 9.17) is 14.0 Å². The Hall–Kier alpha value is -2.50. The predicted octanol–water partition coefficient (Wildman–Crippen LogP) is 2.37. The third kappa shape index (κ3) is 2.37. The smallest absolute Gasteiger partial charge is 0.341 e. The Morgan fingerprint density at radius 1 is 1.21 bits per heavy atom. The lowest BCUT2D eigenvalue weighted by molar-refractivity contribution is 0.0696. The second-order valence-electron chi connectivity index (χ2n) is 3.88. The minimum Gasteiger partial charge on any atom is -0.497 e. The number of carbonyl (C=O) groups is 1. The zero-order chi connectivity index (χ0) is 14.0. The lowest BCUT2D eigenvalue weighted by Crippen LogP contribution is -1.99. The van der Waals surface area contributed by atoms with Crippen molar-refractivity contribution in [3.63, 3.8) is 0 Å². The number of nitrogens with zero attached hydrogens (tertiary/aromatic N) is 1. The first-order valence-electron chi connectivity index (χ1n) is 5.49. The van der Waals surface area contributed by atoms with E-state index < -0.39 is 5.97 Å². The minimum atomic E-state index is -1.09. The van der Waals surface area contributed by atoms with E-state index in [1.165, 1.54) is 14.2 Å². The number of carboxylic acids is 1. The van der Waals surface area contributed by atoms with Crippen LogP contribution < -0.4 is 9.47 Å². The lowest BCUT2D eigenvalue weighted by atomic mass is 10.1. The zero-order valence-corrected chi connectivity index (χ0v) is 10.8. The van der Waals surface area contributed by atoms with Crippen LogP contribution in [0.25, 0.3) is 11.3 Å². The molecular weight excluding hydrogens is 250 g/mol. The van der Waals surface area contributed by atoms with Crippen LogP contribution in [-0.2, 0) is 0 Å². The second-order valence-corrected chi connectivity index (χ2v) is 3.88. The number of ether oxygens (including phenoxy) is 2. The van der Waals surface area contributed by atoms with Gasteiger partial charge < -0.3 is 19.1 Å². The molecule has 0 aliphatic carbocycles. The van der Waals surface area contributed by atoms with Gasteiger partial charge in [0.05, 0.1) is 19.9 Å². The first-order chi connectivity index (χ1) is 9.06. The standard InChI is InChI=1S/C13H13NO5/c1-7-11(13(15)16)12(19-14-7)8-4-9(17-2)6-10(5-8)18-3/h4-6H,1-3H3,(H,15,16). The van der Waals surface area contributed by atoms with E-state index in [1.54, 1.807) is 25.1 Å². The molecule has 6 nitrogen and oxygen atoms in total. The molecule has 0 bridgehead atoms. The molecule has 0 amide bonds. The summed E-state index contributed by atoms with van der Waals surface area (Å²) in [5, 5.41) is 12.9. The zero-order valence-electron chi connectivity index (χ0n) is 10.8. The molecule has 1 N–H and O–H groups in total. The number of methoxy groups -OCH3 is 2. The van der Waals surface area contributed by atoms with Gasteiger partial charge in [0.25, 0.3) is 0 Å². The van der Waals surface area contributed by atoms with Gasteiger partial charge in [-0.2, -0.15) is 0 Å². The predicted molar refractivity (Wildman–Crippen MR) is 66.7 cm³/mol. The highest BCUT2D eigenvalue weighted by Gasteiger charge is 2.22. The summed E-state index contributed by atoms with van der Waals surface area (Å²) in [5.74, 6) is 0.178. The van der Waals surface area contributed by atoms with E-state index in [9.17, 15) is 9.90 Å². The van der Waals surface area contributed by atoms with Gasteiger partial charge >= 0.3 is 5.97 Å². The number of aromatic carboxylic acids is 1. The number of aromatic nitrogens is 1. The van der Waals surface area contributed by atoms with E-state index in [-0.39, 0.29) is 11.3 Å². The SMILES string of the molecule is COc1cc(OC)cc(-c2onc(C)c2C(=O)O)c1. The highest BCUT2D eigenvalue weighted by Crippen LogP contribution is 2.32. The number of hydrogen-bond acceptors (Lipinski definition) is 5.